The van der Waals surface area contributed by atoms with E-state index < -0.39 is 0 Å². The number of hydrogen-bond acceptors (Lipinski definition) is 1. The number of aliphatic imine (C=N–C) groups is 2. The number of hydrogen-bond donors (Lipinski definition) is 1. The summed E-state index contributed by atoms with van der Waals surface area (Å²) in [6.45, 7) is 3.41. The maximum absolute atomic E-state index is 5.16. The molecule has 2 N–H and O–H groups in total. The Morgan fingerprint density at radius 3 is 2.75 bits per heavy atom. The minimum absolute atomic E-state index is 0.268. The van der Waals surface area contributed by atoms with Crippen LogP contribution in [0.2, 0.25) is 0 Å². The second-order valence-electron chi connectivity index (χ2n) is 1.10. The van der Waals surface area contributed by atoms with Crippen molar-refractivity contribution < 1.29 is 0 Å². The van der Waals surface area contributed by atoms with Crippen molar-refractivity contribution in [2.75, 3.05) is 7.05 Å². The second kappa shape index (κ2) is 4.05. The Morgan fingerprint density at radius 2 is 2.38 bits per heavy atom. The number of allylic oxidation sites excluding steroid dienone is 1. The van der Waals surface area contributed by atoms with Gasteiger partial charge in [0.2, 0.25) is 5.96 Å². The molecule has 0 aromatic heterocycles. The van der Waals surface area contributed by atoms with Crippen LogP contribution in [0.5, 0.6) is 0 Å². The van der Waals surface area contributed by atoms with Crippen LogP contribution in [0.1, 0.15) is 0 Å². The normalized spacial score (nSPS) is 12.4. The number of nitrogens with zero attached hydrogens (tertiary/aromatic N) is 2. The quantitative estimate of drug-likeness (QED) is 0.381. The minimum Gasteiger partial charge on any atom is -0.368 e. The van der Waals surface area contributed by atoms with Gasteiger partial charge in [-0.2, -0.15) is 0 Å². The molecule has 0 heterocycles. The average Bonchev–Trinajstić information content (AvgIpc) is 1.83. The zero-order valence-corrected chi connectivity index (χ0v) is 4.83. The SMILES string of the molecule is C=CC=NC(N)=NC. The summed E-state index contributed by atoms with van der Waals surface area (Å²) in [6.07, 6.45) is 3.03. The summed E-state index contributed by atoms with van der Waals surface area (Å²) in [5.41, 5.74) is 5.16. The molecule has 3 heteroatoms. The van der Waals surface area contributed by atoms with Crippen molar-refractivity contribution in [1.29, 1.82) is 0 Å². The van der Waals surface area contributed by atoms with Crippen molar-refractivity contribution >= 4 is 12.2 Å². The number of rotatable bonds is 1. The molecule has 0 radical (unpaired) electrons. The molecule has 0 amide bonds. The lowest BCUT2D eigenvalue weighted by Crippen LogP contribution is -2.06. The maximum atomic E-state index is 5.16. The fourth-order valence-electron chi connectivity index (χ4n) is 0.187. The Hall–Kier alpha value is -1.12. The van der Waals surface area contributed by atoms with Crippen LogP contribution in [-0.4, -0.2) is 19.2 Å². The molecule has 0 aliphatic heterocycles. The summed E-state index contributed by atoms with van der Waals surface area (Å²) in [5, 5.41) is 0. The molecular weight excluding hydrogens is 102 g/mol. The fourth-order valence-corrected chi connectivity index (χ4v) is 0.187. The topological polar surface area (TPSA) is 50.7 Å². The van der Waals surface area contributed by atoms with Crippen molar-refractivity contribution in [3.63, 3.8) is 0 Å². The van der Waals surface area contributed by atoms with E-state index in [-0.39, 0.29) is 5.96 Å². The highest BCUT2D eigenvalue weighted by Gasteiger charge is 1.73. The van der Waals surface area contributed by atoms with E-state index in [9.17, 15) is 0 Å². The van der Waals surface area contributed by atoms with E-state index >= 15 is 0 Å². The number of nitrogens with two attached hydrogens (primary N) is 1. The van der Waals surface area contributed by atoms with E-state index in [0.29, 0.717) is 0 Å². The Kier molecular flexibility index (Phi) is 3.48. The highest BCUT2D eigenvalue weighted by atomic mass is 15.0. The zero-order chi connectivity index (χ0) is 6.41. The molecule has 8 heavy (non-hydrogen) atoms. The molecule has 44 valence electrons. The van der Waals surface area contributed by atoms with Gasteiger partial charge in [-0.1, -0.05) is 12.7 Å². The maximum Gasteiger partial charge on any atom is 0.214 e. The third-order valence-corrected chi connectivity index (χ3v) is 0.541. The Morgan fingerprint density at radius 1 is 1.75 bits per heavy atom. The standard InChI is InChI=1S/C5H9N3/c1-3-4-8-5(6)7-2/h3-4H,1H2,2H3,(H2,6,7). The molecule has 0 unspecified atom stereocenters. The van der Waals surface area contributed by atoms with Gasteiger partial charge in [-0.25, -0.2) is 4.99 Å². The van der Waals surface area contributed by atoms with Crippen LogP contribution in [0.3, 0.4) is 0 Å². The van der Waals surface area contributed by atoms with E-state index in [4.69, 9.17) is 5.73 Å². The summed E-state index contributed by atoms with van der Waals surface area (Å²) < 4.78 is 0. The van der Waals surface area contributed by atoms with Crippen molar-refractivity contribution in [3.05, 3.63) is 12.7 Å². The van der Waals surface area contributed by atoms with Gasteiger partial charge < -0.3 is 5.73 Å². The highest BCUT2D eigenvalue weighted by Crippen LogP contribution is 1.65. The second-order valence-corrected chi connectivity index (χ2v) is 1.10. The van der Waals surface area contributed by atoms with Gasteiger partial charge in [-0.15, -0.1) is 0 Å². The molecule has 0 bridgehead atoms. The molecule has 0 aromatic carbocycles. The van der Waals surface area contributed by atoms with E-state index in [0.717, 1.165) is 0 Å². The lowest BCUT2D eigenvalue weighted by molar-refractivity contribution is 1.36. The first-order chi connectivity index (χ1) is 3.81. The Bertz CT molecular complexity index is 124. The van der Waals surface area contributed by atoms with Gasteiger partial charge in [-0.05, 0) is 0 Å². The van der Waals surface area contributed by atoms with Crippen molar-refractivity contribution in [2.45, 2.75) is 0 Å². The van der Waals surface area contributed by atoms with Gasteiger partial charge >= 0.3 is 0 Å². The van der Waals surface area contributed by atoms with Crippen LogP contribution in [-0.2, 0) is 0 Å². The fraction of sp³-hybridized carbons (Fsp3) is 0.200. The third kappa shape index (κ3) is 3.08. The molecule has 3 nitrogen and oxygen atoms in total. The van der Waals surface area contributed by atoms with Crippen molar-refractivity contribution in [2.24, 2.45) is 15.7 Å². The molecule has 0 aromatic rings. The van der Waals surface area contributed by atoms with Gasteiger partial charge in [0.25, 0.3) is 0 Å². The molecule has 0 atom stereocenters. The monoisotopic (exact) mass is 111 g/mol. The van der Waals surface area contributed by atoms with Gasteiger partial charge in [0, 0.05) is 13.3 Å². The van der Waals surface area contributed by atoms with E-state index in [1.54, 1.807) is 7.05 Å². The molecule has 0 rings (SSSR count). The molecule has 0 aliphatic carbocycles. The summed E-state index contributed by atoms with van der Waals surface area (Å²) >= 11 is 0. The van der Waals surface area contributed by atoms with Gasteiger partial charge in [0.1, 0.15) is 0 Å². The smallest absolute Gasteiger partial charge is 0.214 e. The molecule has 0 aliphatic rings. The predicted molar refractivity (Wildman–Crippen MR) is 36.2 cm³/mol. The van der Waals surface area contributed by atoms with Crippen molar-refractivity contribution in [1.82, 2.24) is 0 Å². The molecule has 0 spiro atoms. The average molecular weight is 111 g/mol. The molecule has 0 saturated carbocycles. The zero-order valence-electron chi connectivity index (χ0n) is 4.83. The first-order valence-corrected chi connectivity index (χ1v) is 2.18. The van der Waals surface area contributed by atoms with Crippen LogP contribution in [0, 0.1) is 0 Å². The summed E-state index contributed by atoms with van der Waals surface area (Å²) in [6, 6.07) is 0. The van der Waals surface area contributed by atoms with Gasteiger partial charge in [0.15, 0.2) is 0 Å². The third-order valence-electron chi connectivity index (χ3n) is 0.541. The predicted octanol–water partition coefficient (Wildman–Crippen LogP) is 0.188. The van der Waals surface area contributed by atoms with Gasteiger partial charge in [-0.3, -0.25) is 4.99 Å². The summed E-state index contributed by atoms with van der Waals surface area (Å²) in [5.74, 6) is 0.268. The van der Waals surface area contributed by atoms with Crippen LogP contribution < -0.4 is 5.73 Å². The molecule has 0 fully saturated rings. The number of guanidine groups is 1. The van der Waals surface area contributed by atoms with Crippen LogP contribution >= 0.6 is 0 Å². The van der Waals surface area contributed by atoms with Crippen LogP contribution in [0.4, 0.5) is 0 Å². The first kappa shape index (κ1) is 6.88. The largest absolute Gasteiger partial charge is 0.368 e. The molecule has 0 saturated heterocycles. The Balaban J connectivity index is 3.69. The highest BCUT2D eigenvalue weighted by molar-refractivity contribution is 5.89. The summed E-state index contributed by atoms with van der Waals surface area (Å²) in [7, 11) is 1.58. The summed E-state index contributed by atoms with van der Waals surface area (Å²) in [4.78, 5) is 7.22. The van der Waals surface area contributed by atoms with E-state index in [2.05, 4.69) is 16.6 Å². The van der Waals surface area contributed by atoms with Crippen molar-refractivity contribution in [3.8, 4) is 0 Å². The minimum atomic E-state index is 0.268. The molecular formula is C5H9N3. The lowest BCUT2D eigenvalue weighted by Gasteiger charge is -1.82. The first-order valence-electron chi connectivity index (χ1n) is 2.18. The lowest BCUT2D eigenvalue weighted by atomic mass is 10.7. The van der Waals surface area contributed by atoms with Crippen LogP contribution in [0.25, 0.3) is 0 Å². The van der Waals surface area contributed by atoms with E-state index in [1.807, 2.05) is 0 Å². The van der Waals surface area contributed by atoms with Crippen LogP contribution in [0.15, 0.2) is 22.6 Å². The Labute approximate surface area is 48.6 Å². The van der Waals surface area contributed by atoms with Gasteiger partial charge in [0.05, 0.1) is 0 Å². The van der Waals surface area contributed by atoms with E-state index in [1.165, 1.54) is 12.3 Å².